The molecule has 16 heavy (non-hydrogen) atoms. The van der Waals surface area contributed by atoms with E-state index in [0.717, 1.165) is 37.3 Å². The van der Waals surface area contributed by atoms with Gasteiger partial charge >= 0.3 is 0 Å². The van der Waals surface area contributed by atoms with Gasteiger partial charge in [-0.25, -0.2) is 0 Å². The Labute approximate surface area is 95.7 Å². The Kier molecular flexibility index (Phi) is 3.49. The molecule has 1 fully saturated rings. The van der Waals surface area contributed by atoms with Gasteiger partial charge in [0, 0.05) is 13.0 Å². The molecular formula is C12H17N3O. The van der Waals surface area contributed by atoms with Crippen LogP contribution in [0.4, 0.5) is 5.82 Å². The Morgan fingerprint density at radius 2 is 2.25 bits per heavy atom. The van der Waals surface area contributed by atoms with Crippen LogP contribution in [0.5, 0.6) is 0 Å². The summed E-state index contributed by atoms with van der Waals surface area (Å²) in [6.45, 7) is 3.52. The topological polar surface area (TPSA) is 46.1 Å². The molecule has 86 valence electrons. The maximum atomic E-state index is 11.3. The summed E-state index contributed by atoms with van der Waals surface area (Å²) in [5.74, 6) is 1.12. The number of ketones is 1. The monoisotopic (exact) mass is 219 g/mol. The van der Waals surface area contributed by atoms with Crippen LogP contribution in [0.15, 0.2) is 12.1 Å². The fourth-order valence-corrected chi connectivity index (χ4v) is 1.94. The maximum absolute atomic E-state index is 11.3. The molecule has 4 heteroatoms. The molecule has 0 saturated carbocycles. The highest BCUT2D eigenvalue weighted by Gasteiger charge is 2.18. The third-order valence-corrected chi connectivity index (χ3v) is 2.79. The van der Waals surface area contributed by atoms with Crippen molar-refractivity contribution < 1.29 is 4.79 Å². The van der Waals surface area contributed by atoms with Gasteiger partial charge in [0.05, 0.1) is 12.2 Å². The fourth-order valence-electron chi connectivity index (χ4n) is 1.94. The van der Waals surface area contributed by atoms with Gasteiger partial charge in [-0.05, 0) is 25.0 Å². The molecule has 1 saturated heterocycles. The van der Waals surface area contributed by atoms with E-state index in [9.17, 15) is 4.79 Å². The van der Waals surface area contributed by atoms with E-state index in [1.807, 2.05) is 17.0 Å². The van der Waals surface area contributed by atoms with Gasteiger partial charge in [-0.1, -0.05) is 13.3 Å². The second-order valence-electron chi connectivity index (χ2n) is 4.20. The summed E-state index contributed by atoms with van der Waals surface area (Å²) >= 11 is 0. The summed E-state index contributed by atoms with van der Waals surface area (Å²) in [6, 6.07) is 3.97. The van der Waals surface area contributed by atoms with Gasteiger partial charge in [-0.15, -0.1) is 5.10 Å². The van der Waals surface area contributed by atoms with E-state index < -0.39 is 0 Å². The first-order valence-electron chi connectivity index (χ1n) is 5.89. The molecule has 0 aliphatic carbocycles. The molecule has 0 radical (unpaired) electrons. The number of hydrogen-bond donors (Lipinski definition) is 0. The largest absolute Gasteiger partial charge is 0.348 e. The van der Waals surface area contributed by atoms with E-state index in [0.29, 0.717) is 18.7 Å². The van der Waals surface area contributed by atoms with Crippen molar-refractivity contribution >= 4 is 11.6 Å². The van der Waals surface area contributed by atoms with Crippen LogP contribution in [0.1, 0.15) is 31.9 Å². The minimum atomic E-state index is 0.297. The predicted octanol–water partition coefficient (Wildman–Crippen LogP) is 1.60. The fraction of sp³-hybridized carbons (Fsp3) is 0.583. The minimum absolute atomic E-state index is 0.297. The average Bonchev–Trinajstić information content (AvgIpc) is 2.30. The van der Waals surface area contributed by atoms with Crippen molar-refractivity contribution in [3.63, 3.8) is 0 Å². The zero-order valence-corrected chi connectivity index (χ0v) is 9.65. The molecule has 4 nitrogen and oxygen atoms in total. The summed E-state index contributed by atoms with van der Waals surface area (Å²) in [5, 5.41) is 8.34. The molecule has 2 rings (SSSR count). The predicted molar refractivity (Wildman–Crippen MR) is 62.5 cm³/mol. The molecule has 0 unspecified atom stereocenters. The molecule has 0 spiro atoms. The lowest BCUT2D eigenvalue weighted by Crippen LogP contribution is -2.36. The summed E-state index contributed by atoms with van der Waals surface area (Å²) < 4.78 is 0. The molecule has 1 aliphatic heterocycles. The molecule has 2 heterocycles. The van der Waals surface area contributed by atoms with Crippen LogP contribution >= 0.6 is 0 Å². The van der Waals surface area contributed by atoms with Crippen LogP contribution in [-0.2, 0) is 11.2 Å². The zero-order valence-electron chi connectivity index (χ0n) is 9.65. The minimum Gasteiger partial charge on any atom is -0.348 e. The molecule has 0 aromatic carbocycles. The van der Waals surface area contributed by atoms with Gasteiger partial charge in [-0.2, -0.15) is 5.10 Å². The summed E-state index contributed by atoms with van der Waals surface area (Å²) in [7, 11) is 0. The van der Waals surface area contributed by atoms with Crippen molar-refractivity contribution in [2.24, 2.45) is 0 Å². The highest BCUT2D eigenvalue weighted by atomic mass is 16.1. The van der Waals surface area contributed by atoms with Crippen molar-refractivity contribution in [3.05, 3.63) is 17.8 Å². The molecule has 1 aromatic rings. The second kappa shape index (κ2) is 5.05. The number of aromatic nitrogens is 2. The second-order valence-corrected chi connectivity index (χ2v) is 4.20. The third-order valence-electron chi connectivity index (χ3n) is 2.79. The van der Waals surface area contributed by atoms with Crippen LogP contribution in [-0.4, -0.2) is 29.1 Å². The van der Waals surface area contributed by atoms with Crippen molar-refractivity contribution in [2.75, 3.05) is 18.0 Å². The number of carbonyl (C=O) groups excluding carboxylic acids is 1. The molecule has 0 atom stereocenters. The maximum Gasteiger partial charge on any atom is 0.152 e. The molecule has 0 bridgehead atoms. The zero-order chi connectivity index (χ0) is 11.4. The summed E-state index contributed by atoms with van der Waals surface area (Å²) in [4.78, 5) is 13.3. The standard InChI is InChI=1S/C12H17N3O/c1-2-4-10-6-7-12(14-13-10)15-8-3-5-11(16)9-15/h6-7H,2-5,8-9H2,1H3. The lowest BCUT2D eigenvalue weighted by atomic mass is 10.1. The molecule has 1 aliphatic rings. The first kappa shape index (κ1) is 11.0. The lowest BCUT2D eigenvalue weighted by Gasteiger charge is -2.26. The van der Waals surface area contributed by atoms with Gasteiger partial charge in [-0.3, -0.25) is 4.79 Å². The number of aryl methyl sites for hydroxylation is 1. The Hall–Kier alpha value is -1.45. The van der Waals surface area contributed by atoms with Crippen LogP contribution < -0.4 is 4.90 Å². The number of carbonyl (C=O) groups is 1. The average molecular weight is 219 g/mol. The quantitative estimate of drug-likeness (QED) is 0.774. The lowest BCUT2D eigenvalue weighted by molar-refractivity contribution is -0.118. The van der Waals surface area contributed by atoms with Crippen LogP contribution in [0.3, 0.4) is 0 Å². The number of nitrogens with zero attached hydrogens (tertiary/aromatic N) is 3. The SMILES string of the molecule is CCCc1ccc(N2CCCC(=O)C2)nn1. The number of Topliss-reactive ketones (excluding diaryl/α,β-unsaturated/α-hetero) is 1. The van der Waals surface area contributed by atoms with Crippen molar-refractivity contribution in [3.8, 4) is 0 Å². The van der Waals surface area contributed by atoms with E-state index >= 15 is 0 Å². The normalized spacial score (nSPS) is 16.6. The Morgan fingerprint density at radius 3 is 2.88 bits per heavy atom. The number of anilines is 1. The first-order valence-corrected chi connectivity index (χ1v) is 5.89. The summed E-state index contributed by atoms with van der Waals surface area (Å²) in [6.07, 6.45) is 3.68. The van der Waals surface area contributed by atoms with E-state index in [-0.39, 0.29) is 0 Å². The number of rotatable bonds is 3. The Bertz CT molecular complexity index is 361. The third kappa shape index (κ3) is 2.56. The highest BCUT2D eigenvalue weighted by molar-refractivity contribution is 5.84. The van der Waals surface area contributed by atoms with E-state index in [2.05, 4.69) is 17.1 Å². The smallest absolute Gasteiger partial charge is 0.152 e. The van der Waals surface area contributed by atoms with Gasteiger partial charge in [0.15, 0.2) is 11.6 Å². The molecule has 0 N–H and O–H groups in total. The van der Waals surface area contributed by atoms with Gasteiger partial charge < -0.3 is 4.90 Å². The Balaban J connectivity index is 2.05. The van der Waals surface area contributed by atoms with E-state index in [1.54, 1.807) is 0 Å². The van der Waals surface area contributed by atoms with Crippen LogP contribution in [0.2, 0.25) is 0 Å². The molecular weight excluding hydrogens is 202 g/mol. The summed E-state index contributed by atoms with van der Waals surface area (Å²) in [5.41, 5.74) is 1.02. The Morgan fingerprint density at radius 1 is 1.38 bits per heavy atom. The van der Waals surface area contributed by atoms with Crippen molar-refractivity contribution in [1.82, 2.24) is 10.2 Å². The number of piperidine rings is 1. The van der Waals surface area contributed by atoms with Gasteiger partial charge in [0.1, 0.15) is 0 Å². The van der Waals surface area contributed by atoms with E-state index in [1.165, 1.54) is 0 Å². The molecule has 0 amide bonds. The van der Waals surface area contributed by atoms with Gasteiger partial charge in [0.25, 0.3) is 0 Å². The van der Waals surface area contributed by atoms with Crippen molar-refractivity contribution in [2.45, 2.75) is 32.6 Å². The van der Waals surface area contributed by atoms with Gasteiger partial charge in [0.2, 0.25) is 0 Å². The number of hydrogen-bond acceptors (Lipinski definition) is 4. The van der Waals surface area contributed by atoms with Crippen LogP contribution in [0.25, 0.3) is 0 Å². The first-order chi connectivity index (χ1) is 7.79. The highest BCUT2D eigenvalue weighted by Crippen LogP contribution is 2.15. The molecule has 1 aromatic heterocycles. The van der Waals surface area contributed by atoms with E-state index in [4.69, 9.17) is 0 Å². The van der Waals surface area contributed by atoms with Crippen molar-refractivity contribution in [1.29, 1.82) is 0 Å². The van der Waals surface area contributed by atoms with Crippen LogP contribution in [0, 0.1) is 0 Å².